The monoisotopic (exact) mass is 287 g/mol. The maximum absolute atomic E-state index is 2.39. The summed E-state index contributed by atoms with van der Waals surface area (Å²) in [5.74, 6) is 2.34. The fourth-order valence-electron chi connectivity index (χ4n) is 3.07. The largest absolute Gasteiger partial charge is 0.0721 e. The Morgan fingerprint density at radius 1 is 0.773 bits per heavy atom. The lowest BCUT2D eigenvalue weighted by atomic mass is 9.81. The highest BCUT2D eigenvalue weighted by Crippen LogP contribution is 2.39. The van der Waals surface area contributed by atoms with Gasteiger partial charge >= 0.3 is 0 Å². The Bertz CT molecular complexity index is 609. The van der Waals surface area contributed by atoms with Gasteiger partial charge in [-0.3, -0.25) is 0 Å². The van der Waals surface area contributed by atoms with Crippen LogP contribution < -0.4 is 0 Å². The van der Waals surface area contributed by atoms with Crippen LogP contribution in [0.4, 0.5) is 0 Å². The Hall–Kier alpha value is -2.08. The fraction of sp³-hybridized carbons (Fsp3) is 0.227. The van der Waals surface area contributed by atoms with Crippen molar-refractivity contribution in [3.63, 3.8) is 0 Å². The lowest BCUT2D eigenvalue weighted by Gasteiger charge is -2.22. The molecule has 0 aliphatic heterocycles. The molecule has 1 radical (unpaired) electrons. The maximum atomic E-state index is 2.39. The molecule has 0 heteroatoms. The normalized spacial score (nSPS) is 16.0. The smallest absolute Gasteiger partial charge is 0.0315 e. The van der Waals surface area contributed by atoms with Gasteiger partial charge in [-0.05, 0) is 29.0 Å². The minimum absolute atomic E-state index is 0.320. The molecule has 0 saturated carbocycles. The maximum Gasteiger partial charge on any atom is 0.0315 e. The van der Waals surface area contributed by atoms with Crippen LogP contribution in [0.15, 0.2) is 84.5 Å². The average molecular weight is 287 g/mol. The average Bonchev–Trinajstić information content (AvgIpc) is 3.06. The third kappa shape index (κ3) is 3.06. The van der Waals surface area contributed by atoms with Crippen molar-refractivity contribution in [3.05, 3.63) is 102 Å². The van der Waals surface area contributed by atoms with Crippen molar-refractivity contribution in [2.24, 2.45) is 5.92 Å². The highest BCUT2D eigenvalue weighted by Gasteiger charge is 2.25. The number of rotatable bonds is 5. The van der Waals surface area contributed by atoms with Crippen molar-refractivity contribution < 1.29 is 0 Å². The molecule has 1 aliphatic carbocycles. The van der Waals surface area contributed by atoms with Crippen LogP contribution in [0.25, 0.3) is 0 Å². The predicted octanol–water partition coefficient (Wildman–Crippen LogP) is 5.94. The lowest BCUT2D eigenvalue weighted by Crippen LogP contribution is -2.08. The van der Waals surface area contributed by atoms with Gasteiger partial charge in [0.15, 0.2) is 0 Å². The van der Waals surface area contributed by atoms with Gasteiger partial charge in [-0.2, -0.15) is 0 Å². The van der Waals surface area contributed by atoms with E-state index in [0.29, 0.717) is 11.8 Å². The molecule has 0 saturated heterocycles. The summed E-state index contributed by atoms with van der Waals surface area (Å²) in [6.45, 7) is 4.56. The zero-order valence-corrected chi connectivity index (χ0v) is 13.4. The molecule has 3 rings (SSSR count). The Kier molecular flexibility index (Phi) is 4.58. The summed E-state index contributed by atoms with van der Waals surface area (Å²) in [6.07, 6.45) is 8.16. The Labute approximate surface area is 134 Å². The summed E-state index contributed by atoms with van der Waals surface area (Å²) in [5, 5.41) is 0. The molecule has 0 aromatic heterocycles. The quantitative estimate of drug-likeness (QED) is 0.639. The van der Waals surface area contributed by atoms with Gasteiger partial charge in [-0.25, -0.2) is 0 Å². The standard InChI is InChI=1S/C22H23/c1-3-17(2)20-14-15-21(16-20)22(18-10-6-4-7-11-18)19-12-8-5-9-13-19/h4-17,22H,3H2,1-2H3. The van der Waals surface area contributed by atoms with Gasteiger partial charge in [0, 0.05) is 11.8 Å². The van der Waals surface area contributed by atoms with Gasteiger partial charge in [0.05, 0.1) is 0 Å². The van der Waals surface area contributed by atoms with E-state index in [1.807, 2.05) is 0 Å². The molecule has 0 amide bonds. The lowest BCUT2D eigenvalue weighted by molar-refractivity contribution is 0.671. The van der Waals surface area contributed by atoms with Crippen LogP contribution in [-0.2, 0) is 0 Å². The molecule has 0 heterocycles. The van der Waals surface area contributed by atoms with Gasteiger partial charge in [-0.1, -0.05) is 92.7 Å². The molecular formula is C22H23. The van der Waals surface area contributed by atoms with Crippen molar-refractivity contribution in [2.45, 2.75) is 26.2 Å². The molecule has 111 valence electrons. The molecule has 1 unspecified atom stereocenters. The number of allylic oxidation sites excluding steroid dienone is 4. The molecular weight excluding hydrogens is 264 g/mol. The van der Waals surface area contributed by atoms with E-state index in [1.165, 1.54) is 29.0 Å². The first-order valence-corrected chi connectivity index (χ1v) is 8.16. The number of hydrogen-bond donors (Lipinski definition) is 0. The van der Waals surface area contributed by atoms with Gasteiger partial charge in [0.2, 0.25) is 0 Å². The molecule has 0 N–H and O–H groups in total. The minimum atomic E-state index is 0.320. The third-order valence-electron chi connectivity index (χ3n) is 4.58. The number of benzene rings is 2. The second-order valence-corrected chi connectivity index (χ2v) is 6.04. The SMILES string of the molecule is CCC(C)C1=C[C](C(c2ccccc2)c2ccccc2)C=C1. The first kappa shape index (κ1) is 14.8. The van der Waals surface area contributed by atoms with Crippen LogP contribution in [-0.4, -0.2) is 0 Å². The van der Waals surface area contributed by atoms with Crippen LogP contribution in [0.2, 0.25) is 0 Å². The van der Waals surface area contributed by atoms with Crippen LogP contribution in [0, 0.1) is 11.8 Å². The summed E-state index contributed by atoms with van der Waals surface area (Å²) in [5.41, 5.74) is 4.17. The summed E-state index contributed by atoms with van der Waals surface area (Å²) in [4.78, 5) is 0. The van der Waals surface area contributed by atoms with Crippen molar-refractivity contribution in [1.82, 2.24) is 0 Å². The van der Waals surface area contributed by atoms with E-state index in [4.69, 9.17) is 0 Å². The summed E-state index contributed by atoms with van der Waals surface area (Å²) >= 11 is 0. The van der Waals surface area contributed by atoms with Crippen LogP contribution in [0.3, 0.4) is 0 Å². The van der Waals surface area contributed by atoms with E-state index in [9.17, 15) is 0 Å². The number of hydrogen-bond acceptors (Lipinski definition) is 0. The van der Waals surface area contributed by atoms with E-state index in [1.54, 1.807) is 0 Å². The van der Waals surface area contributed by atoms with Crippen molar-refractivity contribution in [3.8, 4) is 0 Å². The second-order valence-electron chi connectivity index (χ2n) is 6.04. The van der Waals surface area contributed by atoms with Crippen LogP contribution in [0.1, 0.15) is 37.3 Å². The second kappa shape index (κ2) is 6.79. The van der Waals surface area contributed by atoms with E-state index in [2.05, 4.69) is 92.7 Å². The molecule has 0 spiro atoms. The Balaban J connectivity index is 1.98. The molecule has 2 aromatic carbocycles. The fourth-order valence-corrected chi connectivity index (χ4v) is 3.07. The molecule has 0 nitrogen and oxygen atoms in total. The minimum Gasteiger partial charge on any atom is -0.0721 e. The van der Waals surface area contributed by atoms with Crippen molar-refractivity contribution in [2.75, 3.05) is 0 Å². The van der Waals surface area contributed by atoms with E-state index < -0.39 is 0 Å². The highest BCUT2D eigenvalue weighted by atomic mass is 14.3. The molecule has 0 bridgehead atoms. The first-order valence-electron chi connectivity index (χ1n) is 8.16. The van der Waals surface area contributed by atoms with E-state index in [-0.39, 0.29) is 0 Å². The Morgan fingerprint density at radius 2 is 1.32 bits per heavy atom. The van der Waals surface area contributed by atoms with Crippen LogP contribution >= 0.6 is 0 Å². The summed E-state index contributed by atoms with van der Waals surface area (Å²) in [6, 6.07) is 21.6. The zero-order valence-electron chi connectivity index (χ0n) is 13.4. The topological polar surface area (TPSA) is 0 Å². The van der Waals surface area contributed by atoms with Crippen LogP contribution in [0.5, 0.6) is 0 Å². The van der Waals surface area contributed by atoms with Gasteiger partial charge in [-0.15, -0.1) is 0 Å². The Morgan fingerprint density at radius 3 is 1.82 bits per heavy atom. The van der Waals surface area contributed by atoms with Crippen molar-refractivity contribution >= 4 is 0 Å². The summed E-state index contributed by atoms with van der Waals surface area (Å²) in [7, 11) is 0. The molecule has 0 fully saturated rings. The molecule has 22 heavy (non-hydrogen) atoms. The third-order valence-corrected chi connectivity index (χ3v) is 4.58. The zero-order chi connectivity index (χ0) is 15.4. The molecule has 1 aliphatic rings. The van der Waals surface area contributed by atoms with Gasteiger partial charge in [0.25, 0.3) is 0 Å². The summed E-state index contributed by atoms with van der Waals surface area (Å²) < 4.78 is 0. The van der Waals surface area contributed by atoms with Gasteiger partial charge < -0.3 is 0 Å². The molecule has 2 aromatic rings. The van der Waals surface area contributed by atoms with E-state index in [0.717, 1.165) is 0 Å². The predicted molar refractivity (Wildman–Crippen MR) is 94.6 cm³/mol. The highest BCUT2D eigenvalue weighted by molar-refractivity contribution is 5.52. The van der Waals surface area contributed by atoms with E-state index >= 15 is 0 Å². The molecule has 1 atom stereocenters. The van der Waals surface area contributed by atoms with Crippen molar-refractivity contribution in [1.29, 1.82) is 0 Å². The van der Waals surface area contributed by atoms with Gasteiger partial charge in [0.1, 0.15) is 0 Å². The first-order chi connectivity index (χ1) is 10.8.